The third-order valence-electron chi connectivity index (χ3n) is 4.44. The summed E-state index contributed by atoms with van der Waals surface area (Å²) in [6.07, 6.45) is 7.89. The van der Waals surface area contributed by atoms with Gasteiger partial charge in [0.25, 0.3) is 0 Å². The van der Waals surface area contributed by atoms with Crippen molar-refractivity contribution in [1.82, 2.24) is 15.0 Å². The third kappa shape index (κ3) is 3.68. The molecule has 3 heterocycles. The molecule has 1 aromatic carbocycles. The topological polar surface area (TPSA) is 55.1 Å². The van der Waals surface area contributed by atoms with Gasteiger partial charge in [0.05, 0.1) is 12.1 Å². The highest BCUT2D eigenvalue weighted by atomic mass is 19.1. The summed E-state index contributed by atoms with van der Waals surface area (Å²) in [5, 5.41) is 0. The molecule has 1 atom stereocenters. The molecule has 128 valence electrons. The fourth-order valence-corrected chi connectivity index (χ4v) is 3.26. The fraction of sp³-hybridized carbons (Fsp3) is 0.316. The monoisotopic (exact) mass is 338 g/mol. The van der Waals surface area contributed by atoms with E-state index in [1.165, 1.54) is 12.1 Å². The maximum Gasteiger partial charge on any atom is 0.225 e. The summed E-state index contributed by atoms with van der Waals surface area (Å²) < 4.78 is 19.3. The summed E-state index contributed by atoms with van der Waals surface area (Å²) in [7, 11) is 0. The Balaban J connectivity index is 1.46. The van der Waals surface area contributed by atoms with Gasteiger partial charge >= 0.3 is 0 Å². The van der Waals surface area contributed by atoms with E-state index in [0.29, 0.717) is 6.42 Å². The summed E-state index contributed by atoms with van der Waals surface area (Å²) in [5.41, 5.74) is 0.880. The van der Waals surface area contributed by atoms with Crippen LogP contribution >= 0.6 is 0 Å². The number of oxazole rings is 1. The Bertz CT molecular complexity index is 836. The molecule has 3 aromatic rings. The van der Waals surface area contributed by atoms with E-state index < -0.39 is 0 Å². The Hall–Kier alpha value is -2.76. The van der Waals surface area contributed by atoms with Gasteiger partial charge in [-0.05, 0) is 36.6 Å². The van der Waals surface area contributed by atoms with Gasteiger partial charge in [-0.3, -0.25) is 0 Å². The molecule has 1 aliphatic rings. The van der Waals surface area contributed by atoms with E-state index in [2.05, 4.69) is 19.9 Å². The Kier molecular flexibility index (Phi) is 4.41. The van der Waals surface area contributed by atoms with E-state index in [1.54, 1.807) is 24.7 Å². The van der Waals surface area contributed by atoms with Gasteiger partial charge in [-0.25, -0.2) is 19.3 Å². The molecule has 0 saturated carbocycles. The number of anilines is 1. The van der Waals surface area contributed by atoms with E-state index in [9.17, 15) is 4.39 Å². The van der Waals surface area contributed by atoms with Gasteiger partial charge in [0.2, 0.25) is 5.95 Å². The lowest BCUT2D eigenvalue weighted by Crippen LogP contribution is -2.35. The average molecular weight is 338 g/mol. The van der Waals surface area contributed by atoms with Gasteiger partial charge in [0.1, 0.15) is 11.6 Å². The first-order valence-corrected chi connectivity index (χ1v) is 8.49. The van der Waals surface area contributed by atoms with Crippen LogP contribution in [0, 0.1) is 5.82 Å². The summed E-state index contributed by atoms with van der Waals surface area (Å²) in [6.45, 7) is 1.74. The Morgan fingerprint density at radius 2 is 2.04 bits per heavy atom. The van der Waals surface area contributed by atoms with Gasteiger partial charge in [-0.1, -0.05) is 12.1 Å². The lowest BCUT2D eigenvalue weighted by atomic mass is 9.98. The number of hydrogen-bond acceptors (Lipinski definition) is 5. The van der Waals surface area contributed by atoms with Crippen LogP contribution in [0.25, 0.3) is 0 Å². The molecule has 0 radical (unpaired) electrons. The number of halogens is 1. The van der Waals surface area contributed by atoms with Gasteiger partial charge in [0, 0.05) is 31.9 Å². The standard InChI is InChI=1S/C19H19FN4O/c20-16-6-1-4-14(10-16)11-17-12-23-18(25-17)15-5-2-9-24(13-15)19-21-7-3-8-22-19/h1,3-4,6-8,10,12,15H,2,5,9,11,13H2. The Labute approximate surface area is 145 Å². The van der Waals surface area contributed by atoms with Crippen LogP contribution in [0.5, 0.6) is 0 Å². The van der Waals surface area contributed by atoms with E-state index >= 15 is 0 Å². The molecular weight excluding hydrogens is 319 g/mol. The van der Waals surface area contributed by atoms with Crippen LogP contribution in [0.2, 0.25) is 0 Å². The van der Waals surface area contributed by atoms with E-state index in [-0.39, 0.29) is 11.7 Å². The van der Waals surface area contributed by atoms with Crippen molar-refractivity contribution in [3.63, 3.8) is 0 Å². The first-order chi connectivity index (χ1) is 12.3. The maximum atomic E-state index is 13.3. The van der Waals surface area contributed by atoms with Crippen LogP contribution in [0.4, 0.5) is 10.3 Å². The molecule has 1 fully saturated rings. The van der Waals surface area contributed by atoms with Crippen molar-refractivity contribution in [3.05, 3.63) is 72.0 Å². The minimum absolute atomic E-state index is 0.221. The second-order valence-electron chi connectivity index (χ2n) is 6.31. The van der Waals surface area contributed by atoms with Crippen molar-refractivity contribution >= 4 is 5.95 Å². The summed E-state index contributed by atoms with van der Waals surface area (Å²) >= 11 is 0. The van der Waals surface area contributed by atoms with Crippen LogP contribution in [-0.2, 0) is 6.42 Å². The minimum Gasteiger partial charge on any atom is -0.445 e. The number of rotatable bonds is 4. The van der Waals surface area contributed by atoms with Crippen molar-refractivity contribution in [2.75, 3.05) is 18.0 Å². The van der Waals surface area contributed by atoms with Gasteiger partial charge < -0.3 is 9.32 Å². The molecule has 1 unspecified atom stereocenters. The molecular formula is C19H19FN4O. The zero-order valence-electron chi connectivity index (χ0n) is 13.8. The number of hydrogen-bond donors (Lipinski definition) is 0. The van der Waals surface area contributed by atoms with E-state index in [0.717, 1.165) is 49.1 Å². The quantitative estimate of drug-likeness (QED) is 0.728. The molecule has 0 N–H and O–H groups in total. The molecule has 6 heteroatoms. The SMILES string of the molecule is Fc1cccc(Cc2cnc(C3CCCN(c4ncccn4)C3)o2)c1. The van der Waals surface area contributed by atoms with Gasteiger partial charge in [0.15, 0.2) is 5.89 Å². The average Bonchev–Trinajstić information content (AvgIpc) is 3.11. The van der Waals surface area contributed by atoms with Crippen LogP contribution in [0.15, 0.2) is 53.3 Å². The lowest BCUT2D eigenvalue weighted by Gasteiger charge is -2.31. The van der Waals surface area contributed by atoms with Crippen LogP contribution < -0.4 is 4.90 Å². The first kappa shape index (κ1) is 15.7. The Morgan fingerprint density at radius 1 is 1.16 bits per heavy atom. The number of nitrogens with zero attached hydrogens (tertiary/aromatic N) is 4. The summed E-state index contributed by atoms with van der Waals surface area (Å²) in [6, 6.07) is 8.38. The smallest absolute Gasteiger partial charge is 0.225 e. The van der Waals surface area contributed by atoms with Crippen LogP contribution in [0.1, 0.15) is 36.0 Å². The molecule has 1 saturated heterocycles. The molecule has 0 aliphatic carbocycles. The van der Waals surface area contributed by atoms with Crippen LogP contribution in [0.3, 0.4) is 0 Å². The highest BCUT2D eigenvalue weighted by Crippen LogP contribution is 2.28. The normalized spacial score (nSPS) is 17.6. The zero-order chi connectivity index (χ0) is 17.1. The van der Waals surface area contributed by atoms with Crippen molar-refractivity contribution in [2.24, 2.45) is 0 Å². The molecule has 25 heavy (non-hydrogen) atoms. The number of aromatic nitrogens is 3. The van der Waals surface area contributed by atoms with E-state index in [1.807, 2.05) is 12.1 Å². The first-order valence-electron chi connectivity index (χ1n) is 8.49. The molecule has 0 spiro atoms. The van der Waals surface area contributed by atoms with Crippen LogP contribution in [-0.4, -0.2) is 28.0 Å². The molecule has 5 nitrogen and oxygen atoms in total. The largest absolute Gasteiger partial charge is 0.445 e. The summed E-state index contributed by atoms with van der Waals surface area (Å²) in [4.78, 5) is 15.3. The van der Waals surface area contributed by atoms with Gasteiger partial charge in [-0.2, -0.15) is 0 Å². The lowest BCUT2D eigenvalue weighted by molar-refractivity contribution is 0.383. The molecule has 0 amide bonds. The van der Waals surface area contributed by atoms with Crippen molar-refractivity contribution in [1.29, 1.82) is 0 Å². The van der Waals surface area contributed by atoms with Crippen molar-refractivity contribution < 1.29 is 8.81 Å². The Morgan fingerprint density at radius 3 is 2.88 bits per heavy atom. The molecule has 4 rings (SSSR count). The van der Waals surface area contributed by atoms with E-state index in [4.69, 9.17) is 4.42 Å². The van der Waals surface area contributed by atoms with Crippen molar-refractivity contribution in [2.45, 2.75) is 25.2 Å². The maximum absolute atomic E-state index is 13.3. The molecule has 2 aromatic heterocycles. The zero-order valence-corrected chi connectivity index (χ0v) is 13.8. The van der Waals surface area contributed by atoms with Crippen molar-refractivity contribution in [3.8, 4) is 0 Å². The second-order valence-corrected chi connectivity index (χ2v) is 6.31. The third-order valence-corrected chi connectivity index (χ3v) is 4.44. The predicted octanol–water partition coefficient (Wildman–Crippen LogP) is 3.58. The highest BCUT2D eigenvalue weighted by molar-refractivity contribution is 5.30. The number of piperidine rings is 1. The fourth-order valence-electron chi connectivity index (χ4n) is 3.26. The number of benzene rings is 1. The van der Waals surface area contributed by atoms with Gasteiger partial charge in [-0.15, -0.1) is 0 Å². The molecule has 0 bridgehead atoms. The molecule has 1 aliphatic heterocycles. The summed E-state index contributed by atoms with van der Waals surface area (Å²) in [5.74, 6) is 2.24. The minimum atomic E-state index is -0.233. The second kappa shape index (κ2) is 7.01. The predicted molar refractivity (Wildman–Crippen MR) is 91.9 cm³/mol. The highest BCUT2D eigenvalue weighted by Gasteiger charge is 2.26.